The summed E-state index contributed by atoms with van der Waals surface area (Å²) in [5.41, 5.74) is 5.08. The number of hydrazine groups is 1. The first-order valence-corrected chi connectivity index (χ1v) is 17.2. The molecule has 1 saturated heterocycles. The number of phenolic OH excluding ortho intramolecular Hbond substituents is 1. The van der Waals surface area contributed by atoms with E-state index in [-0.39, 0.29) is 35.9 Å². The topological polar surface area (TPSA) is 160 Å². The number of phenols is 1. The smallest absolute Gasteiger partial charge is 0.325 e. The maximum atomic E-state index is 13.7. The molecule has 0 spiro atoms. The van der Waals surface area contributed by atoms with Crippen LogP contribution in [0.15, 0.2) is 60.2 Å². The van der Waals surface area contributed by atoms with Gasteiger partial charge in [-0.05, 0) is 61.3 Å². The number of esters is 1. The minimum absolute atomic E-state index is 0.114. The minimum atomic E-state index is -1.15. The number of rotatable bonds is 5. The molecule has 8 atom stereocenters. The molecule has 2 heterocycles. The summed E-state index contributed by atoms with van der Waals surface area (Å²) in [7, 11) is 0. The van der Waals surface area contributed by atoms with E-state index in [0.717, 1.165) is 17.6 Å². The summed E-state index contributed by atoms with van der Waals surface area (Å²) < 4.78 is 6.07. The van der Waals surface area contributed by atoms with E-state index in [0.29, 0.717) is 32.4 Å². The number of aliphatic hydroxyl groups excluding tert-OH is 2. The first-order chi connectivity index (χ1) is 22.7. The number of benzene rings is 1. The zero-order chi connectivity index (χ0) is 35.4. The summed E-state index contributed by atoms with van der Waals surface area (Å²) in [6.07, 6.45) is 8.18. The van der Waals surface area contributed by atoms with Gasteiger partial charge in [-0.15, -0.1) is 0 Å². The maximum absolute atomic E-state index is 13.7. The SMILES string of the molecule is C/C(=C\C(C)C)[C@@H]1C/C=C/C=C/[C@@H](O)C(C)[C@@H](O)CC(=O)N[C@@H](C(C)C)C(=O)N[C@@H](Cc2cccc(O)c2)CN2CCC[C@H](N2)C(=O)O1. The molecular weight excluding hydrogens is 612 g/mol. The van der Waals surface area contributed by atoms with E-state index >= 15 is 0 Å². The molecule has 0 saturated carbocycles. The Morgan fingerprint density at radius 1 is 1.10 bits per heavy atom. The second-order valence-corrected chi connectivity index (χ2v) is 13.9. The van der Waals surface area contributed by atoms with Crippen molar-refractivity contribution in [2.75, 3.05) is 13.1 Å². The van der Waals surface area contributed by atoms with Crippen LogP contribution in [0.25, 0.3) is 0 Å². The third-order valence-electron chi connectivity index (χ3n) is 8.80. The van der Waals surface area contributed by atoms with Gasteiger partial charge in [0.05, 0.1) is 18.6 Å². The lowest BCUT2D eigenvalue weighted by molar-refractivity contribution is -0.153. The number of hydrogen-bond acceptors (Lipinski definition) is 9. The first kappa shape index (κ1) is 38.9. The number of aliphatic hydroxyl groups is 2. The number of ether oxygens (including phenoxy) is 1. The summed E-state index contributed by atoms with van der Waals surface area (Å²) in [6, 6.07) is 4.94. The van der Waals surface area contributed by atoms with Crippen molar-refractivity contribution in [2.24, 2.45) is 17.8 Å². The number of hydrogen-bond donors (Lipinski definition) is 6. The Hall–Kier alpha value is -3.51. The van der Waals surface area contributed by atoms with Crippen molar-refractivity contribution < 1.29 is 34.4 Å². The molecule has 2 unspecified atom stereocenters. The van der Waals surface area contributed by atoms with E-state index in [1.807, 2.05) is 37.9 Å². The number of nitrogens with one attached hydrogen (secondary N) is 3. The fraction of sp³-hybridized carbons (Fsp3) is 0.595. The minimum Gasteiger partial charge on any atom is -0.508 e. The third kappa shape index (κ3) is 12.5. The van der Waals surface area contributed by atoms with E-state index < -0.39 is 48.3 Å². The number of fused-ring (bicyclic) bond motifs is 2. The molecular formula is C37H56N4O7. The Morgan fingerprint density at radius 2 is 1.85 bits per heavy atom. The average Bonchev–Trinajstić information content (AvgIpc) is 3.01. The predicted molar refractivity (Wildman–Crippen MR) is 185 cm³/mol. The first-order valence-electron chi connectivity index (χ1n) is 17.2. The zero-order valence-electron chi connectivity index (χ0n) is 29.3. The zero-order valence-corrected chi connectivity index (χ0v) is 29.3. The van der Waals surface area contributed by atoms with Crippen molar-refractivity contribution in [1.29, 1.82) is 0 Å². The number of allylic oxidation sites excluding steroid dienone is 3. The van der Waals surface area contributed by atoms with Gasteiger partial charge in [-0.1, -0.05) is 77.1 Å². The second-order valence-electron chi connectivity index (χ2n) is 13.9. The van der Waals surface area contributed by atoms with Crippen molar-refractivity contribution in [3.05, 3.63) is 65.8 Å². The molecule has 11 nitrogen and oxygen atoms in total. The molecule has 6 N–H and O–H groups in total. The molecule has 266 valence electrons. The van der Waals surface area contributed by atoms with Crippen molar-refractivity contribution in [3.63, 3.8) is 0 Å². The van der Waals surface area contributed by atoms with Crippen molar-refractivity contribution in [3.8, 4) is 5.75 Å². The number of cyclic esters (lactones) is 1. The average molecular weight is 669 g/mol. The van der Waals surface area contributed by atoms with Crippen LogP contribution in [0.1, 0.15) is 72.8 Å². The van der Waals surface area contributed by atoms with Gasteiger partial charge in [0, 0.05) is 31.5 Å². The van der Waals surface area contributed by atoms with Crippen LogP contribution in [-0.4, -0.2) is 87.6 Å². The summed E-state index contributed by atoms with van der Waals surface area (Å²) in [5.74, 6) is -1.77. The van der Waals surface area contributed by atoms with Crippen LogP contribution in [0.3, 0.4) is 0 Å². The van der Waals surface area contributed by atoms with Gasteiger partial charge in [0.2, 0.25) is 11.8 Å². The molecule has 1 aromatic carbocycles. The Labute approximate surface area is 285 Å². The number of carbonyl (C=O) groups excluding carboxylic acids is 3. The molecule has 0 aliphatic carbocycles. The van der Waals surface area contributed by atoms with E-state index in [9.17, 15) is 29.7 Å². The van der Waals surface area contributed by atoms with Gasteiger partial charge in [0.15, 0.2) is 0 Å². The molecule has 3 rings (SSSR count). The van der Waals surface area contributed by atoms with E-state index in [1.54, 1.807) is 43.4 Å². The molecule has 2 bridgehead atoms. The number of carbonyl (C=O) groups is 3. The lowest BCUT2D eigenvalue weighted by Gasteiger charge is -2.36. The quantitative estimate of drug-likeness (QED) is 0.204. The van der Waals surface area contributed by atoms with Crippen molar-refractivity contribution >= 4 is 17.8 Å². The third-order valence-corrected chi connectivity index (χ3v) is 8.80. The Kier molecular flexibility index (Phi) is 15.3. The summed E-state index contributed by atoms with van der Waals surface area (Å²) >= 11 is 0. The molecule has 11 heteroatoms. The van der Waals surface area contributed by atoms with Gasteiger partial charge in [-0.2, -0.15) is 0 Å². The van der Waals surface area contributed by atoms with Crippen LogP contribution < -0.4 is 16.1 Å². The fourth-order valence-electron chi connectivity index (χ4n) is 6.02. The highest BCUT2D eigenvalue weighted by atomic mass is 16.5. The van der Waals surface area contributed by atoms with Crippen molar-refractivity contribution in [2.45, 2.75) is 110 Å². The van der Waals surface area contributed by atoms with Gasteiger partial charge in [-0.3, -0.25) is 14.4 Å². The maximum Gasteiger partial charge on any atom is 0.325 e. The Bertz CT molecular complexity index is 1310. The van der Waals surface area contributed by atoms with Crippen LogP contribution in [0.4, 0.5) is 0 Å². The monoisotopic (exact) mass is 668 g/mol. The largest absolute Gasteiger partial charge is 0.508 e. The lowest BCUT2D eigenvalue weighted by Crippen LogP contribution is -2.59. The number of amides is 2. The van der Waals surface area contributed by atoms with Crippen LogP contribution in [0.2, 0.25) is 0 Å². The standard InChI is InChI=1S/C37H56N4O7/c1-23(2)18-25(5)33-16-9-7-8-15-31(43)26(6)32(44)21-34(45)39-35(24(3)4)36(46)38-28(19-27-12-10-13-29(42)20-27)22-41-17-11-14-30(40-41)37(47)48-33/h7-10,12-13,15,18,20,23-24,26,28,30-33,35,40,42-44H,11,14,16-17,19,21-22H2,1-6H3,(H,38,46)(H,39,45)/b9-7+,15-8+,25-18+/t26?,28-,30-,31+,32-,33-,35-/m0/s1. The molecule has 2 aliphatic rings. The highest BCUT2D eigenvalue weighted by molar-refractivity contribution is 5.88. The van der Waals surface area contributed by atoms with Crippen LogP contribution in [0.5, 0.6) is 5.75 Å². The molecule has 2 aliphatic heterocycles. The van der Waals surface area contributed by atoms with E-state index in [1.165, 1.54) is 0 Å². The van der Waals surface area contributed by atoms with E-state index in [4.69, 9.17) is 4.74 Å². The van der Waals surface area contributed by atoms with Gasteiger partial charge >= 0.3 is 5.97 Å². The number of aromatic hydroxyl groups is 1. The summed E-state index contributed by atoms with van der Waals surface area (Å²) in [4.78, 5) is 40.3. The second kappa shape index (κ2) is 18.9. The molecule has 2 amide bonds. The highest BCUT2D eigenvalue weighted by Crippen LogP contribution is 2.20. The fourth-order valence-corrected chi connectivity index (χ4v) is 6.02. The number of nitrogens with zero attached hydrogens (tertiary/aromatic N) is 1. The summed E-state index contributed by atoms with van der Waals surface area (Å²) in [5, 5.41) is 39.3. The van der Waals surface area contributed by atoms with Crippen LogP contribution >= 0.6 is 0 Å². The van der Waals surface area contributed by atoms with E-state index in [2.05, 4.69) is 36.0 Å². The molecule has 0 aromatic heterocycles. The molecule has 48 heavy (non-hydrogen) atoms. The Morgan fingerprint density at radius 3 is 2.54 bits per heavy atom. The summed E-state index contributed by atoms with van der Waals surface area (Å²) in [6.45, 7) is 12.4. The van der Waals surface area contributed by atoms with Crippen molar-refractivity contribution in [1.82, 2.24) is 21.1 Å². The lowest BCUT2D eigenvalue weighted by atomic mass is 9.94. The molecule has 1 aromatic rings. The molecule has 0 radical (unpaired) electrons. The van der Waals surface area contributed by atoms with Gasteiger partial charge in [0.25, 0.3) is 0 Å². The van der Waals surface area contributed by atoms with Gasteiger partial charge < -0.3 is 30.7 Å². The highest BCUT2D eigenvalue weighted by Gasteiger charge is 2.32. The molecule has 1 fully saturated rings. The normalized spacial score (nSPS) is 32.0. The van der Waals surface area contributed by atoms with Crippen LogP contribution in [0, 0.1) is 17.8 Å². The van der Waals surface area contributed by atoms with Gasteiger partial charge in [0.1, 0.15) is 23.9 Å². The predicted octanol–water partition coefficient (Wildman–Crippen LogP) is 3.31. The van der Waals surface area contributed by atoms with Crippen LogP contribution in [-0.2, 0) is 25.5 Å². The Balaban J connectivity index is 1.93. The van der Waals surface area contributed by atoms with Gasteiger partial charge in [-0.25, -0.2) is 10.4 Å².